The van der Waals surface area contributed by atoms with Crippen LogP contribution in [-0.2, 0) is 5.88 Å². The van der Waals surface area contributed by atoms with Gasteiger partial charge in [-0.1, -0.05) is 12.1 Å². The van der Waals surface area contributed by atoms with Crippen molar-refractivity contribution in [2.24, 2.45) is 0 Å². The van der Waals surface area contributed by atoms with Gasteiger partial charge in [0.2, 0.25) is 0 Å². The summed E-state index contributed by atoms with van der Waals surface area (Å²) >= 11 is 7.61. The van der Waals surface area contributed by atoms with Crippen LogP contribution >= 0.6 is 22.9 Å². The molecule has 0 aliphatic heterocycles. The number of rotatable bonds is 2. The summed E-state index contributed by atoms with van der Waals surface area (Å²) in [6.07, 6.45) is 1.85. The molecule has 0 saturated carbocycles. The van der Waals surface area contributed by atoms with Gasteiger partial charge in [0.1, 0.15) is 0 Å². The number of hydrogen-bond donors (Lipinski definition) is 0. The Balaban J connectivity index is 2.24. The Bertz CT molecular complexity index is 712. The van der Waals surface area contributed by atoms with Crippen molar-refractivity contribution < 1.29 is 0 Å². The minimum absolute atomic E-state index is 0.482. The molecule has 3 rings (SSSR count). The molecule has 0 atom stereocenters. The third-order valence-corrected chi connectivity index (χ3v) is 4.37. The number of thiazole rings is 1. The van der Waals surface area contributed by atoms with Gasteiger partial charge in [0, 0.05) is 5.38 Å². The zero-order chi connectivity index (χ0) is 12.7. The normalized spacial score (nSPS) is 11.3. The summed E-state index contributed by atoms with van der Waals surface area (Å²) < 4.78 is 2.14. The Labute approximate surface area is 115 Å². The van der Waals surface area contributed by atoms with Crippen LogP contribution in [0.4, 0.5) is 0 Å². The van der Waals surface area contributed by atoms with Crippen LogP contribution in [0.5, 0.6) is 0 Å². The first kappa shape index (κ1) is 11.8. The van der Waals surface area contributed by atoms with Crippen molar-refractivity contribution in [3.63, 3.8) is 0 Å². The predicted octanol–water partition coefficient (Wildman–Crippen LogP) is 4.42. The number of benzene rings is 1. The first-order valence-electron chi connectivity index (χ1n) is 5.78. The summed E-state index contributed by atoms with van der Waals surface area (Å²) in [6, 6.07) is 6.53. The van der Waals surface area contributed by atoms with Crippen LogP contribution in [0.2, 0.25) is 0 Å². The van der Waals surface area contributed by atoms with Gasteiger partial charge in [-0.25, -0.2) is 4.98 Å². The summed E-state index contributed by atoms with van der Waals surface area (Å²) in [7, 11) is 0. The fourth-order valence-corrected chi connectivity index (χ4v) is 3.14. The quantitative estimate of drug-likeness (QED) is 0.634. The molecule has 0 bridgehead atoms. The standard InChI is InChI=1S/C14H13ClN2S/c1-9-3-4-11(5-10(9)2)13-8-18-14-16-7-12(6-15)17(13)14/h3-5,7-8H,6H2,1-2H3. The van der Waals surface area contributed by atoms with Gasteiger partial charge in [-0.2, -0.15) is 0 Å². The Morgan fingerprint density at radius 2 is 2.11 bits per heavy atom. The van der Waals surface area contributed by atoms with Crippen LogP contribution in [0.1, 0.15) is 16.8 Å². The van der Waals surface area contributed by atoms with Gasteiger partial charge in [0.15, 0.2) is 4.96 Å². The molecule has 0 radical (unpaired) electrons. The van der Waals surface area contributed by atoms with E-state index in [1.54, 1.807) is 11.3 Å². The van der Waals surface area contributed by atoms with E-state index in [0.717, 1.165) is 10.7 Å². The third-order valence-electron chi connectivity index (χ3n) is 3.26. The second-order valence-corrected chi connectivity index (χ2v) is 5.52. The van der Waals surface area contributed by atoms with Crippen molar-refractivity contribution in [2.75, 3.05) is 0 Å². The fraction of sp³-hybridized carbons (Fsp3) is 0.214. The lowest BCUT2D eigenvalue weighted by molar-refractivity contribution is 1.12. The second kappa shape index (κ2) is 4.41. The van der Waals surface area contributed by atoms with E-state index in [0.29, 0.717) is 5.88 Å². The molecule has 0 N–H and O–H groups in total. The number of alkyl halides is 1. The molecule has 0 aliphatic carbocycles. The van der Waals surface area contributed by atoms with Crippen LogP contribution in [0.3, 0.4) is 0 Å². The zero-order valence-electron chi connectivity index (χ0n) is 10.3. The second-order valence-electron chi connectivity index (χ2n) is 4.42. The molecule has 0 amide bonds. The lowest BCUT2D eigenvalue weighted by Gasteiger charge is -2.05. The van der Waals surface area contributed by atoms with Gasteiger partial charge in [-0.05, 0) is 36.6 Å². The van der Waals surface area contributed by atoms with Gasteiger partial charge in [0.05, 0.1) is 23.5 Å². The number of aryl methyl sites for hydroxylation is 2. The van der Waals surface area contributed by atoms with E-state index >= 15 is 0 Å². The molecular weight excluding hydrogens is 264 g/mol. The van der Waals surface area contributed by atoms with Gasteiger partial charge >= 0.3 is 0 Å². The van der Waals surface area contributed by atoms with Crippen molar-refractivity contribution in [1.29, 1.82) is 0 Å². The molecule has 0 spiro atoms. The molecule has 0 fully saturated rings. The third kappa shape index (κ3) is 1.74. The molecule has 3 aromatic rings. The van der Waals surface area contributed by atoms with E-state index in [4.69, 9.17) is 11.6 Å². The van der Waals surface area contributed by atoms with Crippen LogP contribution in [0.15, 0.2) is 29.8 Å². The molecule has 0 unspecified atom stereocenters. The highest BCUT2D eigenvalue weighted by Crippen LogP contribution is 2.29. The minimum atomic E-state index is 0.482. The molecule has 18 heavy (non-hydrogen) atoms. The summed E-state index contributed by atoms with van der Waals surface area (Å²) in [5.41, 5.74) is 6.05. The van der Waals surface area contributed by atoms with Gasteiger partial charge < -0.3 is 0 Å². The Morgan fingerprint density at radius 1 is 1.28 bits per heavy atom. The highest BCUT2D eigenvalue weighted by Gasteiger charge is 2.11. The topological polar surface area (TPSA) is 17.3 Å². The van der Waals surface area contributed by atoms with Crippen molar-refractivity contribution in [2.45, 2.75) is 19.7 Å². The lowest BCUT2D eigenvalue weighted by atomic mass is 10.0. The van der Waals surface area contributed by atoms with E-state index in [1.165, 1.54) is 22.4 Å². The average molecular weight is 277 g/mol. The van der Waals surface area contributed by atoms with Crippen molar-refractivity contribution in [3.05, 3.63) is 46.6 Å². The molecule has 2 nitrogen and oxygen atoms in total. The Kier molecular flexibility index (Phi) is 2.88. The van der Waals surface area contributed by atoms with Gasteiger partial charge in [-0.15, -0.1) is 22.9 Å². The summed E-state index contributed by atoms with van der Waals surface area (Å²) in [5, 5.41) is 2.14. The smallest absolute Gasteiger partial charge is 0.194 e. The molecular formula is C14H13ClN2S. The number of aromatic nitrogens is 2. The van der Waals surface area contributed by atoms with Crippen LogP contribution in [0.25, 0.3) is 16.2 Å². The largest absolute Gasteiger partial charge is 0.286 e. The molecule has 0 saturated heterocycles. The minimum Gasteiger partial charge on any atom is -0.286 e. The van der Waals surface area contributed by atoms with Crippen LogP contribution in [0, 0.1) is 13.8 Å². The van der Waals surface area contributed by atoms with E-state index in [9.17, 15) is 0 Å². The Morgan fingerprint density at radius 3 is 2.83 bits per heavy atom. The summed E-state index contributed by atoms with van der Waals surface area (Å²) in [4.78, 5) is 5.37. The fourth-order valence-electron chi connectivity index (χ4n) is 2.06. The number of hydrogen-bond acceptors (Lipinski definition) is 2. The van der Waals surface area contributed by atoms with E-state index < -0.39 is 0 Å². The molecule has 2 heterocycles. The monoisotopic (exact) mass is 276 g/mol. The molecule has 1 aromatic carbocycles. The highest BCUT2D eigenvalue weighted by molar-refractivity contribution is 7.15. The average Bonchev–Trinajstić information content (AvgIpc) is 2.93. The van der Waals surface area contributed by atoms with Crippen molar-refractivity contribution in [3.8, 4) is 11.3 Å². The number of fused-ring (bicyclic) bond motifs is 1. The first-order chi connectivity index (χ1) is 8.70. The maximum Gasteiger partial charge on any atom is 0.194 e. The maximum absolute atomic E-state index is 5.96. The Hall–Kier alpha value is -1.32. The van der Waals surface area contributed by atoms with Crippen molar-refractivity contribution >= 4 is 27.9 Å². The molecule has 92 valence electrons. The molecule has 4 heteroatoms. The molecule has 2 aromatic heterocycles. The summed E-state index contributed by atoms with van der Waals surface area (Å²) in [6.45, 7) is 4.27. The van der Waals surface area contributed by atoms with E-state index in [-0.39, 0.29) is 0 Å². The van der Waals surface area contributed by atoms with Gasteiger partial charge in [-0.3, -0.25) is 4.40 Å². The SMILES string of the molecule is Cc1ccc(-c2csc3ncc(CCl)n23)cc1C. The zero-order valence-corrected chi connectivity index (χ0v) is 11.8. The summed E-state index contributed by atoms with van der Waals surface area (Å²) in [5.74, 6) is 0.482. The number of imidazole rings is 1. The maximum atomic E-state index is 5.96. The van der Waals surface area contributed by atoms with E-state index in [2.05, 4.69) is 46.8 Å². The first-order valence-corrected chi connectivity index (χ1v) is 7.19. The predicted molar refractivity (Wildman–Crippen MR) is 77.5 cm³/mol. The van der Waals surface area contributed by atoms with Gasteiger partial charge in [0.25, 0.3) is 0 Å². The highest BCUT2D eigenvalue weighted by atomic mass is 35.5. The van der Waals surface area contributed by atoms with Crippen LogP contribution in [-0.4, -0.2) is 9.38 Å². The number of nitrogens with zero attached hydrogens (tertiary/aromatic N) is 2. The molecule has 0 aliphatic rings. The van der Waals surface area contributed by atoms with Crippen LogP contribution < -0.4 is 0 Å². The van der Waals surface area contributed by atoms with E-state index in [1.807, 2.05) is 6.20 Å². The number of halogens is 1. The van der Waals surface area contributed by atoms with Crippen molar-refractivity contribution in [1.82, 2.24) is 9.38 Å². The lowest BCUT2D eigenvalue weighted by Crippen LogP contribution is -1.91.